The number of nitrogens with zero attached hydrogens (tertiary/aromatic N) is 2. The van der Waals surface area contributed by atoms with Crippen LogP contribution < -0.4 is 10.2 Å². The Kier molecular flexibility index (Phi) is 6.43. The monoisotopic (exact) mass is 299 g/mol. The van der Waals surface area contributed by atoms with Gasteiger partial charge in [-0.3, -0.25) is 0 Å². The summed E-state index contributed by atoms with van der Waals surface area (Å²) in [7, 11) is 4.06. The minimum absolute atomic E-state index is 0.0796. The Morgan fingerprint density at radius 2 is 2.00 bits per heavy atom. The van der Waals surface area contributed by atoms with Gasteiger partial charge in [0.05, 0.1) is 18.4 Å². The van der Waals surface area contributed by atoms with Gasteiger partial charge in [-0.05, 0) is 20.9 Å². The molecule has 1 aromatic rings. The fourth-order valence-corrected chi connectivity index (χ4v) is 3.16. The highest BCUT2D eigenvalue weighted by molar-refractivity contribution is 7.15. The van der Waals surface area contributed by atoms with Crippen molar-refractivity contribution in [3.63, 3.8) is 0 Å². The van der Waals surface area contributed by atoms with Crippen molar-refractivity contribution in [3.05, 3.63) is 10.6 Å². The maximum Gasteiger partial charge on any atom is 0.185 e. The number of rotatable bonds is 7. The molecule has 116 valence electrons. The molecule has 0 aliphatic rings. The molecule has 1 N–H and O–H groups in total. The average molecular weight is 299 g/mol. The lowest BCUT2D eigenvalue weighted by atomic mass is 9.91. The van der Waals surface area contributed by atoms with Crippen LogP contribution in [0.2, 0.25) is 0 Å². The van der Waals surface area contributed by atoms with E-state index in [9.17, 15) is 0 Å². The zero-order chi connectivity index (χ0) is 15.3. The highest BCUT2D eigenvalue weighted by atomic mass is 32.1. The molecule has 1 aromatic heterocycles. The van der Waals surface area contributed by atoms with Crippen LogP contribution in [0, 0.1) is 0 Å². The van der Waals surface area contributed by atoms with E-state index in [0.29, 0.717) is 0 Å². The second-order valence-electron chi connectivity index (χ2n) is 6.39. The van der Waals surface area contributed by atoms with Crippen molar-refractivity contribution in [1.29, 1.82) is 0 Å². The molecule has 0 radical (unpaired) electrons. The van der Waals surface area contributed by atoms with Crippen LogP contribution in [0.5, 0.6) is 0 Å². The smallest absolute Gasteiger partial charge is 0.185 e. The van der Waals surface area contributed by atoms with Crippen LogP contribution in [0.1, 0.15) is 45.2 Å². The van der Waals surface area contributed by atoms with E-state index in [2.05, 4.69) is 51.9 Å². The lowest BCUT2D eigenvalue weighted by molar-refractivity contribution is 0.0846. The van der Waals surface area contributed by atoms with Gasteiger partial charge in [0.15, 0.2) is 5.13 Å². The van der Waals surface area contributed by atoms with Gasteiger partial charge >= 0.3 is 0 Å². The molecule has 0 aliphatic heterocycles. The number of ether oxygens (including phenoxy) is 1. The van der Waals surface area contributed by atoms with Gasteiger partial charge in [-0.25, -0.2) is 4.98 Å². The maximum atomic E-state index is 5.61. The third-order valence-corrected chi connectivity index (χ3v) is 4.11. The lowest BCUT2D eigenvalue weighted by Gasteiger charge is -2.18. The lowest BCUT2D eigenvalue weighted by Crippen LogP contribution is -2.24. The van der Waals surface area contributed by atoms with Gasteiger partial charge in [0.1, 0.15) is 0 Å². The van der Waals surface area contributed by atoms with E-state index < -0.39 is 0 Å². The van der Waals surface area contributed by atoms with Crippen LogP contribution in [-0.2, 0) is 16.7 Å². The minimum Gasteiger partial charge on any atom is -0.377 e. The number of thiazole rings is 1. The molecule has 0 amide bonds. The average Bonchev–Trinajstić information content (AvgIpc) is 2.72. The molecule has 0 aromatic carbocycles. The van der Waals surface area contributed by atoms with E-state index in [0.717, 1.165) is 24.8 Å². The fraction of sp³-hybridized carbons (Fsp3) is 0.800. The highest BCUT2D eigenvalue weighted by Gasteiger charge is 2.23. The van der Waals surface area contributed by atoms with E-state index in [-0.39, 0.29) is 11.5 Å². The van der Waals surface area contributed by atoms with Crippen LogP contribution in [-0.4, -0.2) is 38.3 Å². The van der Waals surface area contributed by atoms with E-state index >= 15 is 0 Å². The van der Waals surface area contributed by atoms with Crippen molar-refractivity contribution < 1.29 is 4.74 Å². The fourth-order valence-electron chi connectivity index (χ4n) is 1.89. The summed E-state index contributed by atoms with van der Waals surface area (Å²) in [4.78, 5) is 8.35. The molecule has 0 spiro atoms. The summed E-state index contributed by atoms with van der Waals surface area (Å²) in [5.41, 5.74) is 1.28. The maximum absolute atomic E-state index is 5.61. The van der Waals surface area contributed by atoms with Crippen molar-refractivity contribution in [2.45, 2.75) is 52.7 Å². The Bertz CT molecular complexity index is 410. The summed E-state index contributed by atoms with van der Waals surface area (Å²) in [6.45, 7) is 13.2. The zero-order valence-electron chi connectivity index (χ0n) is 13.9. The number of likely N-dealkylation sites (N-methyl/N-ethyl adjacent to an activating group) is 1. The summed E-state index contributed by atoms with van der Waals surface area (Å²) in [5, 5.41) is 4.31. The first-order valence-electron chi connectivity index (χ1n) is 7.23. The van der Waals surface area contributed by atoms with Crippen LogP contribution >= 0.6 is 11.3 Å². The second-order valence-corrected chi connectivity index (χ2v) is 7.45. The van der Waals surface area contributed by atoms with Gasteiger partial charge in [0.2, 0.25) is 0 Å². The predicted molar refractivity (Wildman–Crippen MR) is 87.9 cm³/mol. The van der Waals surface area contributed by atoms with Crippen LogP contribution in [0.4, 0.5) is 5.13 Å². The number of aromatic nitrogens is 1. The molecule has 0 unspecified atom stereocenters. The molecule has 4 nitrogen and oxygen atoms in total. The first-order valence-corrected chi connectivity index (χ1v) is 8.05. The molecule has 0 saturated carbocycles. The van der Waals surface area contributed by atoms with E-state index in [1.807, 2.05) is 7.05 Å². The van der Waals surface area contributed by atoms with Gasteiger partial charge in [-0.2, -0.15) is 0 Å². The standard InChI is InChI=1S/C15H29N3OS/c1-11(2)19-9-8-18(7)14-17-13(15(3,4)5)12(20-14)10-16-6/h11,16H,8-10H2,1-7H3. The van der Waals surface area contributed by atoms with Crippen LogP contribution in [0.25, 0.3) is 0 Å². The van der Waals surface area contributed by atoms with E-state index in [1.165, 1.54) is 10.6 Å². The van der Waals surface area contributed by atoms with Gasteiger partial charge in [-0.1, -0.05) is 20.8 Å². The molecule has 0 bridgehead atoms. The molecule has 0 aliphatic carbocycles. The van der Waals surface area contributed by atoms with Crippen LogP contribution in [0.3, 0.4) is 0 Å². The Labute approximate surface area is 127 Å². The molecular weight excluding hydrogens is 270 g/mol. The van der Waals surface area contributed by atoms with Gasteiger partial charge < -0.3 is 15.0 Å². The van der Waals surface area contributed by atoms with Crippen molar-refractivity contribution >= 4 is 16.5 Å². The number of hydrogen-bond donors (Lipinski definition) is 1. The first-order chi connectivity index (χ1) is 9.25. The normalized spacial score (nSPS) is 12.2. The van der Waals surface area contributed by atoms with Gasteiger partial charge in [0.25, 0.3) is 0 Å². The SMILES string of the molecule is CNCc1sc(N(C)CCOC(C)C)nc1C(C)(C)C. The van der Waals surface area contributed by atoms with Crippen LogP contribution in [0.15, 0.2) is 0 Å². The Balaban J connectivity index is 2.80. The predicted octanol–water partition coefficient (Wildman–Crippen LogP) is 3.02. The van der Waals surface area contributed by atoms with Crippen molar-refractivity contribution in [2.24, 2.45) is 0 Å². The minimum atomic E-state index is 0.0796. The summed E-state index contributed by atoms with van der Waals surface area (Å²) in [6.07, 6.45) is 0.282. The Morgan fingerprint density at radius 3 is 2.50 bits per heavy atom. The summed E-state index contributed by atoms with van der Waals surface area (Å²) < 4.78 is 5.61. The molecular formula is C15H29N3OS. The molecule has 5 heteroatoms. The number of hydrogen-bond acceptors (Lipinski definition) is 5. The van der Waals surface area contributed by atoms with E-state index in [1.54, 1.807) is 11.3 Å². The zero-order valence-corrected chi connectivity index (χ0v) is 14.7. The highest BCUT2D eigenvalue weighted by Crippen LogP contribution is 2.33. The second kappa shape index (κ2) is 7.38. The number of nitrogens with one attached hydrogen (secondary N) is 1. The van der Waals surface area contributed by atoms with E-state index in [4.69, 9.17) is 9.72 Å². The Hall–Kier alpha value is -0.650. The third kappa shape index (κ3) is 5.04. The molecule has 0 fully saturated rings. The molecule has 0 saturated heterocycles. The van der Waals surface area contributed by atoms with Gasteiger partial charge in [0, 0.05) is 30.4 Å². The Morgan fingerprint density at radius 1 is 1.35 bits per heavy atom. The summed E-state index contributed by atoms with van der Waals surface area (Å²) >= 11 is 1.77. The molecule has 0 atom stereocenters. The van der Waals surface area contributed by atoms with Gasteiger partial charge in [-0.15, -0.1) is 11.3 Å². The first kappa shape index (κ1) is 17.4. The molecule has 20 heavy (non-hydrogen) atoms. The molecule has 1 heterocycles. The van der Waals surface area contributed by atoms with Crippen molar-refractivity contribution in [1.82, 2.24) is 10.3 Å². The number of anilines is 1. The van der Waals surface area contributed by atoms with Crippen molar-refractivity contribution in [3.8, 4) is 0 Å². The quantitative estimate of drug-likeness (QED) is 0.840. The topological polar surface area (TPSA) is 37.4 Å². The summed E-state index contributed by atoms with van der Waals surface area (Å²) in [6, 6.07) is 0. The molecule has 1 rings (SSSR count). The third-order valence-electron chi connectivity index (χ3n) is 2.94. The largest absolute Gasteiger partial charge is 0.377 e. The van der Waals surface area contributed by atoms with Crippen molar-refractivity contribution in [2.75, 3.05) is 32.1 Å². The summed E-state index contributed by atoms with van der Waals surface area (Å²) in [5.74, 6) is 0.